The summed E-state index contributed by atoms with van der Waals surface area (Å²) in [6.07, 6.45) is 1.71. The Morgan fingerprint density at radius 1 is 1.32 bits per heavy atom. The fourth-order valence-corrected chi connectivity index (χ4v) is 3.41. The first-order valence-electron chi connectivity index (χ1n) is 6.45. The van der Waals surface area contributed by atoms with Gasteiger partial charge in [0.1, 0.15) is 12.6 Å². The molecule has 3 rings (SSSR count). The van der Waals surface area contributed by atoms with Crippen molar-refractivity contribution in [1.29, 1.82) is 0 Å². The molecular weight excluding hydrogens is 308 g/mol. The molecule has 2 saturated heterocycles. The van der Waals surface area contributed by atoms with Crippen LogP contribution in [0.15, 0.2) is 22.7 Å². The summed E-state index contributed by atoms with van der Waals surface area (Å²) >= 11 is 3.41. The molecule has 2 amide bonds. The molecule has 1 aromatic rings. The van der Waals surface area contributed by atoms with Crippen LogP contribution in [0.2, 0.25) is 0 Å². The molecule has 0 aliphatic carbocycles. The Morgan fingerprint density at radius 3 is 2.84 bits per heavy atom. The Morgan fingerprint density at radius 2 is 2.11 bits per heavy atom. The van der Waals surface area contributed by atoms with Crippen molar-refractivity contribution in [2.24, 2.45) is 0 Å². The number of nitrogens with zero attached hydrogens (tertiary/aromatic N) is 2. The number of rotatable bonds is 1. The van der Waals surface area contributed by atoms with E-state index in [0.717, 1.165) is 35.1 Å². The first-order chi connectivity index (χ1) is 9.08. The number of halogens is 1. The van der Waals surface area contributed by atoms with Gasteiger partial charge in [-0.05, 0) is 43.5 Å². The smallest absolute Gasteiger partial charge is 0.250 e. The summed E-state index contributed by atoms with van der Waals surface area (Å²) in [5, 5.41) is 0. The third-order valence-electron chi connectivity index (χ3n) is 3.87. The molecule has 4 nitrogen and oxygen atoms in total. The lowest BCUT2D eigenvalue weighted by atomic mass is 10.1. The fraction of sp³-hybridized carbons (Fsp3) is 0.429. The van der Waals surface area contributed by atoms with E-state index in [-0.39, 0.29) is 24.4 Å². The Balaban J connectivity index is 1.96. The number of carbonyl (C=O) groups excluding carboxylic acids is 2. The molecule has 0 aromatic heterocycles. The maximum absolute atomic E-state index is 12.5. The molecule has 1 unspecified atom stereocenters. The highest BCUT2D eigenvalue weighted by Crippen LogP contribution is 2.30. The van der Waals surface area contributed by atoms with Gasteiger partial charge in [0.25, 0.3) is 0 Å². The molecule has 0 spiro atoms. The molecule has 0 N–H and O–H groups in total. The summed E-state index contributed by atoms with van der Waals surface area (Å²) in [6.45, 7) is 2.85. The van der Waals surface area contributed by atoms with E-state index in [0.29, 0.717) is 0 Å². The Kier molecular flexibility index (Phi) is 3.09. The average molecular weight is 323 g/mol. The van der Waals surface area contributed by atoms with E-state index in [1.165, 1.54) is 0 Å². The van der Waals surface area contributed by atoms with Crippen LogP contribution in [-0.2, 0) is 9.59 Å². The van der Waals surface area contributed by atoms with Crippen molar-refractivity contribution in [3.8, 4) is 0 Å². The highest BCUT2D eigenvalue weighted by molar-refractivity contribution is 9.10. The summed E-state index contributed by atoms with van der Waals surface area (Å²) in [5.74, 6) is 0.118. The van der Waals surface area contributed by atoms with Gasteiger partial charge in [0.05, 0.1) is 0 Å². The molecule has 2 aliphatic heterocycles. The van der Waals surface area contributed by atoms with Crippen LogP contribution in [0.1, 0.15) is 18.4 Å². The van der Waals surface area contributed by atoms with E-state index < -0.39 is 0 Å². The molecule has 5 heteroatoms. The van der Waals surface area contributed by atoms with E-state index in [9.17, 15) is 9.59 Å². The predicted molar refractivity (Wildman–Crippen MR) is 76.0 cm³/mol. The topological polar surface area (TPSA) is 40.6 Å². The minimum absolute atomic E-state index is 0.0579. The number of amides is 2. The summed E-state index contributed by atoms with van der Waals surface area (Å²) in [4.78, 5) is 28.0. The maximum Gasteiger partial charge on any atom is 0.250 e. The number of aryl methyl sites for hydroxylation is 1. The van der Waals surface area contributed by atoms with Gasteiger partial charge in [0, 0.05) is 16.7 Å². The summed E-state index contributed by atoms with van der Waals surface area (Å²) in [7, 11) is 0. The molecular formula is C14H15BrN2O2. The number of benzene rings is 1. The third-order valence-corrected chi connectivity index (χ3v) is 4.36. The van der Waals surface area contributed by atoms with Crippen LogP contribution in [-0.4, -0.2) is 35.8 Å². The second-order valence-corrected chi connectivity index (χ2v) is 6.02. The van der Waals surface area contributed by atoms with Crippen molar-refractivity contribution in [1.82, 2.24) is 4.90 Å². The SMILES string of the molecule is Cc1cc(Br)ccc1N1CC(=O)N2CCCC2C1=O. The Labute approximate surface area is 120 Å². The van der Waals surface area contributed by atoms with Crippen LogP contribution >= 0.6 is 15.9 Å². The minimum Gasteiger partial charge on any atom is -0.329 e. The third kappa shape index (κ3) is 2.06. The van der Waals surface area contributed by atoms with Gasteiger partial charge < -0.3 is 9.80 Å². The Bertz CT molecular complexity index is 558. The van der Waals surface area contributed by atoms with Gasteiger partial charge in [-0.3, -0.25) is 9.59 Å². The highest BCUT2D eigenvalue weighted by Gasteiger charge is 2.42. The van der Waals surface area contributed by atoms with E-state index in [2.05, 4.69) is 15.9 Å². The zero-order valence-electron chi connectivity index (χ0n) is 10.7. The molecule has 0 radical (unpaired) electrons. The van der Waals surface area contributed by atoms with Crippen molar-refractivity contribution in [2.75, 3.05) is 18.0 Å². The maximum atomic E-state index is 12.5. The van der Waals surface area contributed by atoms with Gasteiger partial charge in [-0.25, -0.2) is 0 Å². The van der Waals surface area contributed by atoms with Gasteiger partial charge in [0.15, 0.2) is 0 Å². The van der Waals surface area contributed by atoms with E-state index in [4.69, 9.17) is 0 Å². The number of fused-ring (bicyclic) bond motifs is 1. The molecule has 100 valence electrons. The lowest BCUT2D eigenvalue weighted by Crippen LogP contribution is -2.57. The van der Waals surface area contributed by atoms with Crippen LogP contribution in [0, 0.1) is 6.92 Å². The van der Waals surface area contributed by atoms with Gasteiger partial charge in [-0.15, -0.1) is 0 Å². The number of carbonyl (C=O) groups is 2. The van der Waals surface area contributed by atoms with Crippen molar-refractivity contribution >= 4 is 33.4 Å². The van der Waals surface area contributed by atoms with E-state index in [1.807, 2.05) is 25.1 Å². The quantitative estimate of drug-likeness (QED) is 0.794. The largest absolute Gasteiger partial charge is 0.329 e. The van der Waals surface area contributed by atoms with Crippen molar-refractivity contribution < 1.29 is 9.59 Å². The summed E-state index contributed by atoms with van der Waals surface area (Å²) in [6, 6.07) is 5.52. The van der Waals surface area contributed by atoms with Crippen molar-refractivity contribution in [2.45, 2.75) is 25.8 Å². The first-order valence-corrected chi connectivity index (χ1v) is 7.24. The molecule has 2 fully saturated rings. The monoisotopic (exact) mass is 322 g/mol. The summed E-state index contributed by atoms with van der Waals surface area (Å²) in [5.41, 5.74) is 1.84. The molecule has 0 saturated carbocycles. The highest BCUT2D eigenvalue weighted by atomic mass is 79.9. The zero-order valence-corrected chi connectivity index (χ0v) is 12.3. The predicted octanol–water partition coefficient (Wildman–Crippen LogP) is 2.10. The van der Waals surface area contributed by atoms with Crippen LogP contribution < -0.4 is 4.90 Å². The summed E-state index contributed by atoms with van der Waals surface area (Å²) < 4.78 is 0.979. The Hall–Kier alpha value is -1.36. The van der Waals surface area contributed by atoms with Gasteiger partial charge in [-0.2, -0.15) is 0 Å². The van der Waals surface area contributed by atoms with E-state index >= 15 is 0 Å². The molecule has 1 aromatic carbocycles. The second kappa shape index (κ2) is 4.63. The second-order valence-electron chi connectivity index (χ2n) is 5.10. The molecule has 1 atom stereocenters. The van der Waals surface area contributed by atoms with Gasteiger partial charge >= 0.3 is 0 Å². The molecule has 0 bridgehead atoms. The van der Waals surface area contributed by atoms with Crippen LogP contribution in [0.25, 0.3) is 0 Å². The van der Waals surface area contributed by atoms with Gasteiger partial charge in [0.2, 0.25) is 11.8 Å². The van der Waals surface area contributed by atoms with Crippen molar-refractivity contribution in [3.63, 3.8) is 0 Å². The molecule has 19 heavy (non-hydrogen) atoms. The lowest BCUT2D eigenvalue weighted by Gasteiger charge is -2.37. The number of piperazine rings is 1. The lowest BCUT2D eigenvalue weighted by molar-refractivity contribution is -0.140. The number of anilines is 1. The van der Waals surface area contributed by atoms with Crippen LogP contribution in [0.5, 0.6) is 0 Å². The first kappa shape index (κ1) is 12.7. The van der Waals surface area contributed by atoms with Crippen molar-refractivity contribution in [3.05, 3.63) is 28.2 Å². The number of hydrogen-bond acceptors (Lipinski definition) is 2. The molecule has 2 aliphatic rings. The van der Waals surface area contributed by atoms with E-state index in [1.54, 1.807) is 9.80 Å². The number of hydrogen-bond donors (Lipinski definition) is 0. The average Bonchev–Trinajstić information content (AvgIpc) is 2.84. The normalized spacial score (nSPS) is 22.9. The standard InChI is InChI=1S/C14H15BrN2O2/c1-9-7-10(15)4-5-11(9)17-8-13(18)16-6-2-3-12(16)14(17)19/h4-5,7,12H,2-3,6,8H2,1H3. The minimum atomic E-state index is -0.246. The van der Waals surface area contributed by atoms with Crippen LogP contribution in [0.4, 0.5) is 5.69 Å². The zero-order chi connectivity index (χ0) is 13.6. The van der Waals surface area contributed by atoms with Crippen LogP contribution in [0.3, 0.4) is 0 Å². The fourth-order valence-electron chi connectivity index (χ4n) is 2.93. The molecule has 2 heterocycles. The van der Waals surface area contributed by atoms with Gasteiger partial charge in [-0.1, -0.05) is 15.9 Å².